The summed E-state index contributed by atoms with van der Waals surface area (Å²) in [6, 6.07) is 0. The number of ether oxygens (including phenoxy) is 1. The zero-order chi connectivity index (χ0) is 10.0. The largest absolute Gasteiger partial charge is 0.394 e. The van der Waals surface area contributed by atoms with Gasteiger partial charge in [-0.1, -0.05) is 0 Å². The summed E-state index contributed by atoms with van der Waals surface area (Å²) in [7, 11) is 0. The molecule has 0 aromatic heterocycles. The van der Waals surface area contributed by atoms with Crippen molar-refractivity contribution in [1.29, 1.82) is 0 Å². The van der Waals surface area contributed by atoms with Crippen molar-refractivity contribution in [2.75, 3.05) is 13.3 Å². The van der Waals surface area contributed by atoms with Crippen LogP contribution in [0.3, 0.4) is 0 Å². The maximum atomic E-state index is 12.4. The second kappa shape index (κ2) is 4.32. The van der Waals surface area contributed by atoms with Gasteiger partial charge in [-0.15, -0.1) is 0 Å². The van der Waals surface area contributed by atoms with Crippen LogP contribution in [0.5, 0.6) is 0 Å². The van der Waals surface area contributed by atoms with Gasteiger partial charge in [-0.3, -0.25) is 4.39 Å². The molecule has 0 amide bonds. The Kier molecular flexibility index (Phi) is 3.61. The Labute approximate surface area is 75.9 Å². The third-order valence-corrected chi connectivity index (χ3v) is 2.52. The Morgan fingerprint density at radius 2 is 1.92 bits per heavy atom. The van der Waals surface area contributed by atoms with Crippen LogP contribution >= 0.6 is 0 Å². The lowest BCUT2D eigenvalue weighted by atomic mass is 9.88. The molecule has 13 heavy (non-hydrogen) atoms. The molecule has 1 aliphatic heterocycles. The Morgan fingerprint density at radius 3 is 2.38 bits per heavy atom. The topological polar surface area (TPSA) is 69.9 Å². The van der Waals surface area contributed by atoms with Crippen molar-refractivity contribution in [1.82, 2.24) is 0 Å². The highest BCUT2D eigenvalue weighted by molar-refractivity contribution is 4.89. The fourth-order valence-electron chi connectivity index (χ4n) is 1.58. The van der Waals surface area contributed by atoms with E-state index in [1.165, 1.54) is 0 Å². The number of rotatable bonds is 2. The second-order valence-electron chi connectivity index (χ2n) is 3.36. The van der Waals surface area contributed by atoms with Gasteiger partial charge in [0.15, 0.2) is 0 Å². The number of halogens is 1. The van der Waals surface area contributed by atoms with Crippen LogP contribution < -0.4 is 0 Å². The highest BCUT2D eigenvalue weighted by atomic mass is 19.1. The minimum absolute atomic E-state index is 0.373. The summed E-state index contributed by atoms with van der Waals surface area (Å²) < 4.78 is 17.5. The van der Waals surface area contributed by atoms with E-state index in [2.05, 4.69) is 0 Å². The molecular formula is C8H15FO4. The van der Waals surface area contributed by atoms with E-state index in [1.54, 1.807) is 6.92 Å². The molecule has 1 aliphatic rings. The summed E-state index contributed by atoms with van der Waals surface area (Å²) in [5, 5.41) is 27.5. The molecule has 78 valence electrons. The molecule has 1 heterocycles. The summed E-state index contributed by atoms with van der Waals surface area (Å²) in [4.78, 5) is 0. The van der Waals surface area contributed by atoms with Crippen LogP contribution in [0.25, 0.3) is 0 Å². The molecule has 1 rings (SSSR count). The molecule has 0 saturated carbocycles. The first-order valence-corrected chi connectivity index (χ1v) is 4.30. The predicted octanol–water partition coefficient (Wildman–Crippen LogP) is -0.927. The van der Waals surface area contributed by atoms with Crippen molar-refractivity contribution in [3.63, 3.8) is 0 Å². The maximum absolute atomic E-state index is 12.4. The van der Waals surface area contributed by atoms with Gasteiger partial charge < -0.3 is 20.1 Å². The molecule has 1 fully saturated rings. The fourth-order valence-corrected chi connectivity index (χ4v) is 1.58. The lowest BCUT2D eigenvalue weighted by Gasteiger charge is -2.40. The SMILES string of the molecule is CC1OC(CO)C(O)C(O)C1CF. The molecule has 0 aromatic carbocycles. The van der Waals surface area contributed by atoms with E-state index >= 15 is 0 Å². The van der Waals surface area contributed by atoms with Gasteiger partial charge in [0.05, 0.1) is 25.5 Å². The Bertz CT molecular complexity index is 166. The van der Waals surface area contributed by atoms with E-state index in [0.29, 0.717) is 0 Å². The molecule has 0 aliphatic carbocycles. The van der Waals surface area contributed by atoms with Gasteiger partial charge in [0.2, 0.25) is 0 Å². The van der Waals surface area contributed by atoms with Gasteiger partial charge in [0.25, 0.3) is 0 Å². The first kappa shape index (κ1) is 10.8. The molecule has 5 heteroatoms. The molecular weight excluding hydrogens is 179 g/mol. The summed E-state index contributed by atoms with van der Waals surface area (Å²) in [6.45, 7) is 0.501. The van der Waals surface area contributed by atoms with Gasteiger partial charge >= 0.3 is 0 Å². The second-order valence-corrected chi connectivity index (χ2v) is 3.36. The van der Waals surface area contributed by atoms with Crippen LogP contribution in [-0.4, -0.2) is 53.0 Å². The van der Waals surface area contributed by atoms with Crippen molar-refractivity contribution in [3.8, 4) is 0 Å². The molecule has 1 saturated heterocycles. The van der Waals surface area contributed by atoms with Crippen LogP contribution in [0.4, 0.5) is 4.39 Å². The standard InChI is InChI=1S/C8H15FO4/c1-4-5(2-9)7(11)8(12)6(3-10)13-4/h4-8,10-12H,2-3H2,1H3. The predicted molar refractivity (Wildman–Crippen MR) is 42.9 cm³/mol. The molecule has 3 N–H and O–H groups in total. The molecule has 0 spiro atoms. The van der Waals surface area contributed by atoms with Crippen molar-refractivity contribution in [2.24, 2.45) is 5.92 Å². The maximum Gasteiger partial charge on any atom is 0.109 e. The number of hydrogen-bond donors (Lipinski definition) is 3. The zero-order valence-electron chi connectivity index (χ0n) is 7.43. The van der Waals surface area contributed by atoms with E-state index in [4.69, 9.17) is 9.84 Å². The van der Waals surface area contributed by atoms with E-state index < -0.39 is 37.0 Å². The van der Waals surface area contributed by atoms with Crippen LogP contribution in [-0.2, 0) is 4.74 Å². The number of alkyl halides is 1. The Morgan fingerprint density at radius 1 is 1.31 bits per heavy atom. The Hall–Kier alpha value is -0.230. The minimum Gasteiger partial charge on any atom is -0.394 e. The lowest BCUT2D eigenvalue weighted by Crippen LogP contribution is -2.55. The van der Waals surface area contributed by atoms with Crippen molar-refractivity contribution < 1.29 is 24.4 Å². The lowest BCUT2D eigenvalue weighted by molar-refractivity contribution is -0.206. The highest BCUT2D eigenvalue weighted by Crippen LogP contribution is 2.26. The van der Waals surface area contributed by atoms with E-state index in [9.17, 15) is 14.6 Å². The third kappa shape index (κ3) is 1.99. The number of hydrogen-bond acceptors (Lipinski definition) is 4. The van der Waals surface area contributed by atoms with Crippen molar-refractivity contribution >= 4 is 0 Å². The van der Waals surface area contributed by atoms with Crippen LogP contribution in [0.1, 0.15) is 6.92 Å². The van der Waals surface area contributed by atoms with Gasteiger partial charge in [-0.25, -0.2) is 0 Å². The first-order valence-electron chi connectivity index (χ1n) is 4.30. The van der Waals surface area contributed by atoms with Crippen LogP contribution in [0.2, 0.25) is 0 Å². The highest BCUT2D eigenvalue weighted by Gasteiger charge is 2.42. The third-order valence-electron chi connectivity index (χ3n) is 2.52. The molecule has 0 bridgehead atoms. The normalized spacial score (nSPS) is 46.4. The minimum atomic E-state index is -1.21. The van der Waals surface area contributed by atoms with E-state index in [1.807, 2.05) is 0 Å². The summed E-state index contributed by atoms with van der Waals surface area (Å²) >= 11 is 0. The average Bonchev–Trinajstić information content (AvgIpc) is 2.12. The fraction of sp³-hybridized carbons (Fsp3) is 1.00. The number of aliphatic hydroxyl groups is 3. The molecule has 0 aromatic rings. The van der Waals surface area contributed by atoms with Gasteiger partial charge in [-0.05, 0) is 6.92 Å². The number of aliphatic hydroxyl groups excluding tert-OH is 3. The van der Waals surface area contributed by atoms with Gasteiger partial charge in [-0.2, -0.15) is 0 Å². The first-order chi connectivity index (χ1) is 6.11. The molecule has 5 unspecified atom stereocenters. The zero-order valence-corrected chi connectivity index (χ0v) is 7.43. The summed E-state index contributed by atoms with van der Waals surface area (Å²) in [5.74, 6) is -0.710. The summed E-state index contributed by atoms with van der Waals surface area (Å²) in [5.41, 5.74) is 0. The monoisotopic (exact) mass is 194 g/mol. The smallest absolute Gasteiger partial charge is 0.109 e. The van der Waals surface area contributed by atoms with E-state index in [0.717, 1.165) is 0 Å². The summed E-state index contributed by atoms with van der Waals surface area (Å²) in [6.07, 6.45) is -3.67. The van der Waals surface area contributed by atoms with Gasteiger partial charge in [0, 0.05) is 5.92 Å². The van der Waals surface area contributed by atoms with Crippen LogP contribution in [0, 0.1) is 5.92 Å². The van der Waals surface area contributed by atoms with Crippen molar-refractivity contribution in [2.45, 2.75) is 31.3 Å². The molecule has 0 radical (unpaired) electrons. The average molecular weight is 194 g/mol. The molecule has 4 nitrogen and oxygen atoms in total. The quantitative estimate of drug-likeness (QED) is 0.531. The van der Waals surface area contributed by atoms with E-state index in [-0.39, 0.29) is 6.61 Å². The van der Waals surface area contributed by atoms with Crippen molar-refractivity contribution in [3.05, 3.63) is 0 Å². The van der Waals surface area contributed by atoms with Gasteiger partial charge in [0.1, 0.15) is 12.2 Å². The Balaban J connectivity index is 2.66. The molecule has 5 atom stereocenters. The van der Waals surface area contributed by atoms with Crippen LogP contribution in [0.15, 0.2) is 0 Å².